The van der Waals surface area contributed by atoms with E-state index in [9.17, 15) is 0 Å². The van der Waals surface area contributed by atoms with Crippen molar-refractivity contribution in [2.45, 2.75) is 33.8 Å². The van der Waals surface area contributed by atoms with Gasteiger partial charge >= 0.3 is 0 Å². The van der Waals surface area contributed by atoms with Gasteiger partial charge in [-0.05, 0) is 18.9 Å². The maximum Gasteiger partial charge on any atom is 0.106 e. The Morgan fingerprint density at radius 1 is 1.50 bits per heavy atom. The van der Waals surface area contributed by atoms with Crippen LogP contribution in [0.3, 0.4) is 0 Å². The number of furan rings is 1. The standard InChI is InChI=1S/C10H16O2/c1-7(2)4-10-5-9(6-11)8(3)12-10/h5,7,11H,4,6H2,1-3H3. The number of hydrogen-bond donors (Lipinski definition) is 1. The third-order valence-corrected chi connectivity index (χ3v) is 1.85. The van der Waals surface area contributed by atoms with Gasteiger partial charge < -0.3 is 9.52 Å². The van der Waals surface area contributed by atoms with E-state index in [0.717, 1.165) is 23.5 Å². The molecule has 0 spiro atoms. The molecule has 0 aliphatic rings. The molecule has 1 aromatic rings. The molecular formula is C10H16O2. The van der Waals surface area contributed by atoms with E-state index < -0.39 is 0 Å². The molecule has 1 aromatic heterocycles. The summed E-state index contributed by atoms with van der Waals surface area (Å²) in [4.78, 5) is 0. The Morgan fingerprint density at radius 3 is 2.58 bits per heavy atom. The normalized spacial score (nSPS) is 11.1. The highest BCUT2D eigenvalue weighted by molar-refractivity contribution is 5.19. The van der Waals surface area contributed by atoms with E-state index in [4.69, 9.17) is 9.52 Å². The number of aliphatic hydroxyl groups is 1. The highest BCUT2D eigenvalue weighted by Gasteiger charge is 2.07. The molecule has 0 saturated heterocycles. The molecule has 0 amide bonds. The molecule has 2 nitrogen and oxygen atoms in total. The zero-order valence-corrected chi connectivity index (χ0v) is 7.92. The molecule has 0 saturated carbocycles. The third-order valence-electron chi connectivity index (χ3n) is 1.85. The monoisotopic (exact) mass is 168 g/mol. The SMILES string of the molecule is Cc1oc(CC(C)C)cc1CO. The van der Waals surface area contributed by atoms with Gasteiger partial charge in [0.2, 0.25) is 0 Å². The lowest BCUT2D eigenvalue weighted by Crippen LogP contribution is -1.91. The van der Waals surface area contributed by atoms with E-state index in [2.05, 4.69) is 13.8 Å². The van der Waals surface area contributed by atoms with Crippen LogP contribution in [0.25, 0.3) is 0 Å². The predicted octanol–water partition coefficient (Wildman–Crippen LogP) is 2.28. The fourth-order valence-corrected chi connectivity index (χ4v) is 1.25. The average molecular weight is 168 g/mol. The van der Waals surface area contributed by atoms with Gasteiger partial charge in [0, 0.05) is 12.0 Å². The summed E-state index contributed by atoms with van der Waals surface area (Å²) in [6.07, 6.45) is 0.945. The van der Waals surface area contributed by atoms with Crippen molar-refractivity contribution in [3.63, 3.8) is 0 Å². The average Bonchev–Trinajstić information content (AvgIpc) is 2.29. The first kappa shape index (κ1) is 9.33. The smallest absolute Gasteiger partial charge is 0.106 e. The molecule has 0 atom stereocenters. The highest BCUT2D eigenvalue weighted by atomic mass is 16.3. The lowest BCUT2D eigenvalue weighted by atomic mass is 10.1. The van der Waals surface area contributed by atoms with E-state index in [1.54, 1.807) is 0 Å². The maximum atomic E-state index is 8.91. The molecular weight excluding hydrogens is 152 g/mol. The van der Waals surface area contributed by atoms with Gasteiger partial charge in [-0.25, -0.2) is 0 Å². The summed E-state index contributed by atoms with van der Waals surface area (Å²) in [5, 5.41) is 8.91. The van der Waals surface area contributed by atoms with Crippen LogP contribution in [0.2, 0.25) is 0 Å². The molecule has 68 valence electrons. The van der Waals surface area contributed by atoms with E-state index in [1.807, 2.05) is 13.0 Å². The molecule has 0 aromatic carbocycles. The molecule has 0 aliphatic heterocycles. The van der Waals surface area contributed by atoms with Crippen LogP contribution in [0.5, 0.6) is 0 Å². The minimum Gasteiger partial charge on any atom is -0.466 e. The first-order valence-electron chi connectivity index (χ1n) is 4.32. The van der Waals surface area contributed by atoms with Crippen molar-refractivity contribution in [3.05, 3.63) is 23.2 Å². The second-order valence-corrected chi connectivity index (χ2v) is 3.55. The molecule has 1 heterocycles. The quantitative estimate of drug-likeness (QED) is 0.751. The van der Waals surface area contributed by atoms with Crippen molar-refractivity contribution >= 4 is 0 Å². The van der Waals surface area contributed by atoms with Crippen LogP contribution in [0.4, 0.5) is 0 Å². The van der Waals surface area contributed by atoms with Gasteiger partial charge in [0.05, 0.1) is 6.61 Å². The number of rotatable bonds is 3. The van der Waals surface area contributed by atoms with Crippen molar-refractivity contribution in [3.8, 4) is 0 Å². The van der Waals surface area contributed by atoms with E-state index in [1.165, 1.54) is 0 Å². The van der Waals surface area contributed by atoms with Crippen LogP contribution in [0.15, 0.2) is 10.5 Å². The van der Waals surface area contributed by atoms with Crippen LogP contribution in [0, 0.1) is 12.8 Å². The van der Waals surface area contributed by atoms with Gasteiger partial charge in [0.15, 0.2) is 0 Å². The Morgan fingerprint density at radius 2 is 2.17 bits per heavy atom. The molecule has 1 N–H and O–H groups in total. The summed E-state index contributed by atoms with van der Waals surface area (Å²) >= 11 is 0. The van der Waals surface area contributed by atoms with Gasteiger partial charge in [-0.15, -0.1) is 0 Å². The van der Waals surface area contributed by atoms with Crippen LogP contribution < -0.4 is 0 Å². The summed E-state index contributed by atoms with van der Waals surface area (Å²) in [6, 6.07) is 1.94. The summed E-state index contributed by atoms with van der Waals surface area (Å²) in [7, 11) is 0. The van der Waals surface area contributed by atoms with Crippen LogP contribution in [0.1, 0.15) is 30.9 Å². The van der Waals surface area contributed by atoms with E-state index in [-0.39, 0.29) is 6.61 Å². The Labute approximate surface area is 73.2 Å². The summed E-state index contributed by atoms with van der Waals surface area (Å²) < 4.78 is 5.46. The van der Waals surface area contributed by atoms with Gasteiger partial charge in [0.25, 0.3) is 0 Å². The first-order valence-corrected chi connectivity index (χ1v) is 4.32. The molecule has 0 aliphatic carbocycles. The zero-order valence-electron chi connectivity index (χ0n) is 7.92. The lowest BCUT2D eigenvalue weighted by molar-refractivity contribution is 0.279. The molecule has 2 heteroatoms. The van der Waals surface area contributed by atoms with Gasteiger partial charge in [-0.1, -0.05) is 13.8 Å². The minimum absolute atomic E-state index is 0.0768. The number of hydrogen-bond acceptors (Lipinski definition) is 2. The molecule has 1 rings (SSSR count). The largest absolute Gasteiger partial charge is 0.466 e. The second kappa shape index (κ2) is 3.76. The zero-order chi connectivity index (χ0) is 9.14. The van der Waals surface area contributed by atoms with Gasteiger partial charge in [0.1, 0.15) is 11.5 Å². The molecule has 0 unspecified atom stereocenters. The third kappa shape index (κ3) is 2.11. The lowest BCUT2D eigenvalue weighted by Gasteiger charge is -1.98. The second-order valence-electron chi connectivity index (χ2n) is 3.55. The summed E-state index contributed by atoms with van der Waals surface area (Å²) in [5.41, 5.74) is 0.908. The fraction of sp³-hybridized carbons (Fsp3) is 0.600. The predicted molar refractivity (Wildman–Crippen MR) is 47.9 cm³/mol. The number of aryl methyl sites for hydroxylation is 1. The fourth-order valence-electron chi connectivity index (χ4n) is 1.25. The molecule has 12 heavy (non-hydrogen) atoms. The first-order chi connectivity index (χ1) is 5.63. The van der Waals surface area contributed by atoms with Crippen LogP contribution in [-0.4, -0.2) is 5.11 Å². The Bertz CT molecular complexity index is 248. The van der Waals surface area contributed by atoms with Gasteiger partial charge in [-0.2, -0.15) is 0 Å². The summed E-state index contributed by atoms with van der Waals surface area (Å²) in [6.45, 7) is 6.26. The molecule has 0 bridgehead atoms. The molecule has 0 radical (unpaired) electrons. The minimum atomic E-state index is 0.0768. The van der Waals surface area contributed by atoms with Crippen molar-refractivity contribution in [1.29, 1.82) is 0 Å². The van der Waals surface area contributed by atoms with Crippen LogP contribution >= 0.6 is 0 Å². The highest BCUT2D eigenvalue weighted by Crippen LogP contribution is 2.17. The summed E-state index contributed by atoms with van der Waals surface area (Å²) in [5.74, 6) is 2.42. The number of aliphatic hydroxyl groups excluding tert-OH is 1. The van der Waals surface area contributed by atoms with Crippen molar-refractivity contribution in [2.75, 3.05) is 0 Å². The van der Waals surface area contributed by atoms with Crippen molar-refractivity contribution < 1.29 is 9.52 Å². The van der Waals surface area contributed by atoms with Crippen molar-refractivity contribution in [1.82, 2.24) is 0 Å². The Hall–Kier alpha value is -0.760. The maximum absolute atomic E-state index is 8.91. The van der Waals surface area contributed by atoms with E-state index in [0.29, 0.717) is 5.92 Å². The van der Waals surface area contributed by atoms with Crippen LogP contribution in [-0.2, 0) is 13.0 Å². The molecule has 0 fully saturated rings. The van der Waals surface area contributed by atoms with Gasteiger partial charge in [-0.3, -0.25) is 0 Å². The Balaban J connectivity index is 2.75. The topological polar surface area (TPSA) is 33.4 Å². The van der Waals surface area contributed by atoms with Crippen molar-refractivity contribution in [2.24, 2.45) is 5.92 Å². The Kier molecular flexibility index (Phi) is 2.93. The van der Waals surface area contributed by atoms with E-state index >= 15 is 0 Å².